The smallest absolute Gasteiger partial charge is 0.246 e. The summed E-state index contributed by atoms with van der Waals surface area (Å²) in [6.45, 7) is 4.18. The van der Waals surface area contributed by atoms with Crippen molar-refractivity contribution in [1.82, 2.24) is 15.0 Å². The number of benzene rings is 2. The molecule has 0 N–H and O–H groups in total. The number of aromatic nitrogens is 2. The van der Waals surface area contributed by atoms with Crippen LogP contribution in [0.2, 0.25) is 5.02 Å². The molecule has 0 saturated carbocycles. The van der Waals surface area contributed by atoms with E-state index < -0.39 is 0 Å². The Hall–Kier alpha value is -2.31. The molecule has 0 aliphatic heterocycles. The molecule has 1 unspecified atom stereocenters. The van der Waals surface area contributed by atoms with E-state index in [-0.39, 0.29) is 17.7 Å². The number of hydrogen-bond acceptors (Lipinski definition) is 5. The summed E-state index contributed by atoms with van der Waals surface area (Å²) in [6.07, 6.45) is 0. The highest BCUT2D eigenvalue weighted by molar-refractivity contribution is 8.00. The quantitative estimate of drug-likeness (QED) is 0.553. The van der Waals surface area contributed by atoms with Crippen LogP contribution >= 0.6 is 23.4 Å². The van der Waals surface area contributed by atoms with Crippen LogP contribution in [0.3, 0.4) is 0 Å². The molecule has 0 spiro atoms. The average molecular weight is 402 g/mol. The zero-order valence-corrected chi connectivity index (χ0v) is 16.9. The lowest BCUT2D eigenvalue weighted by Crippen LogP contribution is -2.32. The first-order chi connectivity index (χ1) is 12.9. The highest BCUT2D eigenvalue weighted by Gasteiger charge is 2.21. The van der Waals surface area contributed by atoms with Crippen molar-refractivity contribution in [2.24, 2.45) is 0 Å². The van der Waals surface area contributed by atoms with Crippen LogP contribution < -0.4 is 0 Å². The van der Waals surface area contributed by atoms with Gasteiger partial charge in [-0.3, -0.25) is 4.79 Å². The molecular formula is C20H20ClN3O2S. The molecule has 3 aromatic rings. The van der Waals surface area contributed by atoms with Gasteiger partial charge in [0.25, 0.3) is 0 Å². The van der Waals surface area contributed by atoms with Crippen LogP contribution in [0, 0.1) is 6.92 Å². The summed E-state index contributed by atoms with van der Waals surface area (Å²) in [6, 6.07) is 15.4. The van der Waals surface area contributed by atoms with Crippen LogP contribution in [0.1, 0.15) is 18.4 Å². The fraction of sp³-hybridized carbons (Fsp3) is 0.250. The van der Waals surface area contributed by atoms with Crippen molar-refractivity contribution in [1.29, 1.82) is 0 Å². The predicted molar refractivity (Wildman–Crippen MR) is 108 cm³/mol. The predicted octanol–water partition coefficient (Wildman–Crippen LogP) is 4.84. The molecule has 1 heterocycles. The number of aryl methyl sites for hydroxylation is 1. The van der Waals surface area contributed by atoms with Crippen LogP contribution in [0.4, 0.5) is 0 Å². The number of hydrogen-bond donors (Lipinski definition) is 0. The maximum Gasteiger partial charge on any atom is 0.246 e. The van der Waals surface area contributed by atoms with Gasteiger partial charge in [-0.15, -0.1) is 11.8 Å². The molecule has 1 atom stereocenters. The number of amides is 1. The Morgan fingerprint density at radius 2 is 1.93 bits per heavy atom. The molecule has 0 saturated heterocycles. The molecule has 1 amide bonds. The zero-order valence-electron chi connectivity index (χ0n) is 15.3. The second kappa shape index (κ2) is 8.59. The van der Waals surface area contributed by atoms with E-state index in [1.165, 1.54) is 17.3 Å². The van der Waals surface area contributed by atoms with Crippen LogP contribution in [0.15, 0.2) is 57.9 Å². The van der Waals surface area contributed by atoms with Crippen molar-refractivity contribution >= 4 is 29.3 Å². The second-order valence-electron chi connectivity index (χ2n) is 6.26. The van der Waals surface area contributed by atoms with Crippen molar-refractivity contribution < 1.29 is 9.32 Å². The molecule has 7 heteroatoms. The van der Waals surface area contributed by atoms with E-state index in [1.807, 2.05) is 56.3 Å². The minimum absolute atomic E-state index is 0.00179. The summed E-state index contributed by atoms with van der Waals surface area (Å²) in [7, 11) is 1.73. The first kappa shape index (κ1) is 19.5. The van der Waals surface area contributed by atoms with Crippen LogP contribution in [-0.2, 0) is 11.3 Å². The standard InChI is InChI=1S/C20H20ClN3O2S/c1-13-8-10-15(11-9-13)27-14(2)20(25)24(3)12-18-22-19(23-26-18)16-6-4-5-7-17(16)21/h4-11,14H,12H2,1-3H3. The molecule has 27 heavy (non-hydrogen) atoms. The summed E-state index contributed by atoms with van der Waals surface area (Å²) >= 11 is 7.69. The fourth-order valence-electron chi connectivity index (χ4n) is 2.53. The third-order valence-corrected chi connectivity index (χ3v) is 5.44. The van der Waals surface area contributed by atoms with Gasteiger partial charge in [-0.2, -0.15) is 4.98 Å². The fourth-order valence-corrected chi connectivity index (χ4v) is 3.74. The summed E-state index contributed by atoms with van der Waals surface area (Å²) in [5, 5.41) is 4.30. The lowest BCUT2D eigenvalue weighted by Gasteiger charge is -2.19. The maximum atomic E-state index is 12.6. The topological polar surface area (TPSA) is 59.2 Å². The third-order valence-electron chi connectivity index (χ3n) is 4.01. The van der Waals surface area contributed by atoms with Gasteiger partial charge in [0.1, 0.15) is 0 Å². The molecule has 0 radical (unpaired) electrons. The number of thioether (sulfide) groups is 1. The van der Waals surface area contributed by atoms with Gasteiger partial charge in [-0.25, -0.2) is 0 Å². The van der Waals surface area contributed by atoms with E-state index in [9.17, 15) is 4.79 Å². The zero-order chi connectivity index (χ0) is 19.4. The van der Waals surface area contributed by atoms with E-state index in [2.05, 4.69) is 10.1 Å². The van der Waals surface area contributed by atoms with Gasteiger partial charge in [0.05, 0.1) is 16.8 Å². The van der Waals surface area contributed by atoms with Crippen LogP contribution in [-0.4, -0.2) is 33.2 Å². The highest BCUT2D eigenvalue weighted by Crippen LogP contribution is 2.26. The van der Waals surface area contributed by atoms with Crippen molar-refractivity contribution in [2.75, 3.05) is 7.05 Å². The van der Waals surface area contributed by atoms with E-state index in [0.29, 0.717) is 22.3 Å². The molecule has 140 valence electrons. The van der Waals surface area contributed by atoms with E-state index in [1.54, 1.807) is 18.0 Å². The monoisotopic (exact) mass is 401 g/mol. The number of halogens is 1. The number of rotatable bonds is 6. The SMILES string of the molecule is Cc1ccc(SC(C)C(=O)N(C)Cc2nc(-c3ccccc3Cl)no2)cc1. The summed E-state index contributed by atoms with van der Waals surface area (Å²) in [5.74, 6) is 0.782. The van der Waals surface area contributed by atoms with E-state index in [0.717, 1.165) is 4.90 Å². The van der Waals surface area contributed by atoms with Crippen LogP contribution in [0.5, 0.6) is 0 Å². The van der Waals surface area contributed by atoms with Crippen LogP contribution in [0.25, 0.3) is 11.4 Å². The second-order valence-corrected chi connectivity index (χ2v) is 8.08. The van der Waals surface area contributed by atoms with Gasteiger partial charge in [0.2, 0.25) is 17.6 Å². The summed E-state index contributed by atoms with van der Waals surface area (Å²) in [4.78, 5) is 19.7. The molecule has 2 aromatic carbocycles. The number of carbonyl (C=O) groups is 1. The van der Waals surface area contributed by atoms with Gasteiger partial charge >= 0.3 is 0 Å². The molecule has 3 rings (SSSR count). The van der Waals surface area contributed by atoms with Gasteiger partial charge in [0.15, 0.2) is 0 Å². The first-order valence-corrected chi connectivity index (χ1v) is 9.75. The number of nitrogens with zero attached hydrogens (tertiary/aromatic N) is 3. The van der Waals surface area contributed by atoms with Crippen molar-refractivity contribution in [3.8, 4) is 11.4 Å². The van der Waals surface area contributed by atoms with Gasteiger partial charge < -0.3 is 9.42 Å². The Balaban J connectivity index is 1.63. The first-order valence-electron chi connectivity index (χ1n) is 8.50. The highest BCUT2D eigenvalue weighted by atomic mass is 35.5. The molecule has 0 fully saturated rings. The average Bonchev–Trinajstić information content (AvgIpc) is 3.11. The Kier molecular flexibility index (Phi) is 6.19. The lowest BCUT2D eigenvalue weighted by molar-refractivity contribution is -0.129. The Labute approximate surface area is 167 Å². The maximum absolute atomic E-state index is 12.6. The molecule has 5 nitrogen and oxygen atoms in total. The molecule has 0 bridgehead atoms. The summed E-state index contributed by atoms with van der Waals surface area (Å²) < 4.78 is 5.29. The molecular weight excluding hydrogens is 382 g/mol. The summed E-state index contributed by atoms with van der Waals surface area (Å²) in [5.41, 5.74) is 1.90. The minimum atomic E-state index is -0.219. The van der Waals surface area contributed by atoms with Crippen molar-refractivity contribution in [2.45, 2.75) is 30.5 Å². The van der Waals surface area contributed by atoms with E-state index >= 15 is 0 Å². The Bertz CT molecular complexity index is 927. The van der Waals surface area contributed by atoms with Gasteiger partial charge in [-0.05, 0) is 38.1 Å². The normalized spacial score (nSPS) is 12.0. The Morgan fingerprint density at radius 3 is 2.63 bits per heavy atom. The van der Waals surface area contributed by atoms with Crippen molar-refractivity contribution in [3.05, 3.63) is 65.0 Å². The third kappa shape index (κ3) is 4.90. The van der Waals surface area contributed by atoms with E-state index in [4.69, 9.17) is 16.1 Å². The molecule has 1 aromatic heterocycles. The molecule has 0 aliphatic rings. The van der Waals surface area contributed by atoms with Crippen molar-refractivity contribution in [3.63, 3.8) is 0 Å². The van der Waals surface area contributed by atoms with Gasteiger partial charge in [-0.1, -0.05) is 46.6 Å². The number of carbonyl (C=O) groups excluding carboxylic acids is 1. The minimum Gasteiger partial charge on any atom is -0.337 e. The largest absolute Gasteiger partial charge is 0.337 e. The Morgan fingerprint density at radius 1 is 1.22 bits per heavy atom. The molecule has 0 aliphatic carbocycles. The van der Waals surface area contributed by atoms with Gasteiger partial charge in [0, 0.05) is 17.5 Å². The lowest BCUT2D eigenvalue weighted by atomic mass is 10.2.